The van der Waals surface area contributed by atoms with E-state index < -0.39 is 11.6 Å². The average Bonchev–Trinajstić information content (AvgIpc) is 2.97. The molecule has 2 fully saturated rings. The summed E-state index contributed by atoms with van der Waals surface area (Å²) in [5, 5.41) is 0. The third-order valence-corrected chi connectivity index (χ3v) is 5.28. The number of hydrogen-bond acceptors (Lipinski definition) is 2. The minimum absolute atomic E-state index is 0.110. The monoisotopic (exact) mass is 294 g/mol. The normalized spacial score (nSPS) is 24.1. The highest BCUT2D eigenvalue weighted by Gasteiger charge is 2.45. The summed E-state index contributed by atoms with van der Waals surface area (Å²) in [5.74, 6) is -1.07. The molecule has 116 valence electrons. The molecule has 3 rings (SSSR count). The third kappa shape index (κ3) is 2.84. The molecule has 1 saturated carbocycles. The van der Waals surface area contributed by atoms with Crippen molar-refractivity contribution in [2.45, 2.75) is 56.5 Å². The van der Waals surface area contributed by atoms with Gasteiger partial charge < -0.3 is 5.73 Å². The topological polar surface area (TPSA) is 29.3 Å². The predicted molar refractivity (Wildman–Crippen MR) is 79.9 cm³/mol. The summed E-state index contributed by atoms with van der Waals surface area (Å²) in [6.07, 6.45) is 8.05. The van der Waals surface area contributed by atoms with E-state index in [0.717, 1.165) is 44.8 Å². The zero-order valence-corrected chi connectivity index (χ0v) is 12.5. The lowest BCUT2D eigenvalue weighted by molar-refractivity contribution is 0.0476. The largest absolute Gasteiger partial charge is 0.322 e. The van der Waals surface area contributed by atoms with Crippen molar-refractivity contribution in [3.63, 3.8) is 0 Å². The summed E-state index contributed by atoms with van der Waals surface area (Å²) in [6.45, 7) is 2.12. The summed E-state index contributed by atoms with van der Waals surface area (Å²) >= 11 is 0. The van der Waals surface area contributed by atoms with Gasteiger partial charge in [-0.25, -0.2) is 8.78 Å². The van der Waals surface area contributed by atoms with Gasteiger partial charge in [0.05, 0.1) is 0 Å². The number of piperidine rings is 1. The average molecular weight is 294 g/mol. The van der Waals surface area contributed by atoms with Crippen molar-refractivity contribution in [2.24, 2.45) is 5.73 Å². The second-order valence-corrected chi connectivity index (χ2v) is 6.54. The van der Waals surface area contributed by atoms with Crippen LogP contribution in [-0.4, -0.2) is 23.5 Å². The van der Waals surface area contributed by atoms with Gasteiger partial charge in [-0.3, -0.25) is 4.90 Å². The van der Waals surface area contributed by atoms with Crippen LogP contribution in [-0.2, 0) is 0 Å². The van der Waals surface area contributed by atoms with Gasteiger partial charge in [0.1, 0.15) is 11.6 Å². The maximum atomic E-state index is 13.5. The first-order chi connectivity index (χ1) is 10.1. The van der Waals surface area contributed by atoms with Gasteiger partial charge in [-0.2, -0.15) is 0 Å². The Morgan fingerprint density at radius 2 is 1.48 bits per heavy atom. The molecule has 2 nitrogen and oxygen atoms in total. The molecule has 1 aromatic carbocycles. The van der Waals surface area contributed by atoms with Gasteiger partial charge >= 0.3 is 0 Å². The van der Waals surface area contributed by atoms with Gasteiger partial charge in [0.2, 0.25) is 0 Å². The van der Waals surface area contributed by atoms with Crippen molar-refractivity contribution in [1.82, 2.24) is 4.90 Å². The Morgan fingerprint density at radius 1 is 0.905 bits per heavy atom. The lowest BCUT2D eigenvalue weighted by Crippen LogP contribution is -2.55. The van der Waals surface area contributed by atoms with Crippen LogP contribution in [0.2, 0.25) is 0 Å². The number of nitrogens with two attached hydrogens (primary N) is 1. The molecule has 1 aromatic rings. The molecule has 2 N–H and O–H groups in total. The van der Waals surface area contributed by atoms with Crippen LogP contribution in [0.3, 0.4) is 0 Å². The second-order valence-electron chi connectivity index (χ2n) is 6.54. The van der Waals surface area contributed by atoms with Crippen LogP contribution >= 0.6 is 0 Å². The lowest BCUT2D eigenvalue weighted by atomic mass is 9.81. The Kier molecular flexibility index (Phi) is 4.27. The molecule has 0 amide bonds. The molecule has 0 radical (unpaired) electrons. The number of hydrogen-bond donors (Lipinski definition) is 1. The lowest BCUT2D eigenvalue weighted by Gasteiger charge is -2.47. The minimum atomic E-state index is -0.535. The van der Waals surface area contributed by atoms with Crippen molar-refractivity contribution in [3.05, 3.63) is 35.4 Å². The molecule has 0 spiro atoms. The molecule has 1 atom stereocenters. The molecule has 1 unspecified atom stereocenters. The highest BCUT2D eigenvalue weighted by Crippen LogP contribution is 2.44. The van der Waals surface area contributed by atoms with E-state index in [9.17, 15) is 8.78 Å². The van der Waals surface area contributed by atoms with Crippen LogP contribution in [0, 0.1) is 11.6 Å². The zero-order valence-electron chi connectivity index (χ0n) is 12.5. The van der Waals surface area contributed by atoms with E-state index in [-0.39, 0.29) is 11.6 Å². The molecule has 0 aromatic heterocycles. The first-order valence-corrected chi connectivity index (χ1v) is 8.08. The smallest absolute Gasteiger partial charge is 0.126 e. The van der Waals surface area contributed by atoms with Crippen LogP contribution < -0.4 is 5.73 Å². The standard InChI is InChI=1S/C17H24F2N2/c18-14-10-13(11-15(19)12-14)16(20)17(6-2-3-7-17)21-8-4-1-5-9-21/h10-12,16H,1-9,20H2. The highest BCUT2D eigenvalue weighted by atomic mass is 19.1. The summed E-state index contributed by atoms with van der Waals surface area (Å²) in [6, 6.07) is 3.40. The van der Waals surface area contributed by atoms with E-state index in [1.165, 1.54) is 31.4 Å². The first-order valence-electron chi connectivity index (χ1n) is 8.08. The SMILES string of the molecule is NC(c1cc(F)cc(F)c1)C1(N2CCCCC2)CCCC1. The summed E-state index contributed by atoms with van der Waals surface area (Å²) < 4.78 is 27.1. The fraction of sp³-hybridized carbons (Fsp3) is 0.647. The van der Waals surface area contributed by atoms with E-state index in [0.29, 0.717) is 5.56 Å². The van der Waals surface area contributed by atoms with Crippen LogP contribution in [0.4, 0.5) is 8.78 Å². The van der Waals surface area contributed by atoms with E-state index in [1.54, 1.807) is 0 Å². The molecule has 2 aliphatic rings. The van der Waals surface area contributed by atoms with Crippen molar-refractivity contribution in [2.75, 3.05) is 13.1 Å². The van der Waals surface area contributed by atoms with Gasteiger partial charge in [0.15, 0.2) is 0 Å². The fourth-order valence-corrected chi connectivity index (χ4v) is 4.22. The number of likely N-dealkylation sites (tertiary alicyclic amines) is 1. The summed E-state index contributed by atoms with van der Waals surface area (Å²) in [7, 11) is 0. The van der Waals surface area contributed by atoms with Gasteiger partial charge in [-0.05, 0) is 56.5 Å². The Balaban J connectivity index is 1.92. The Labute approximate surface area is 125 Å². The van der Waals surface area contributed by atoms with E-state index in [4.69, 9.17) is 5.73 Å². The van der Waals surface area contributed by atoms with Crippen LogP contribution in [0.5, 0.6) is 0 Å². The van der Waals surface area contributed by atoms with Crippen molar-refractivity contribution in [3.8, 4) is 0 Å². The number of nitrogens with zero attached hydrogens (tertiary/aromatic N) is 1. The summed E-state index contributed by atoms with van der Waals surface area (Å²) in [4.78, 5) is 2.50. The third-order valence-electron chi connectivity index (χ3n) is 5.28. The molecular weight excluding hydrogens is 270 g/mol. The molecular formula is C17H24F2N2. The van der Waals surface area contributed by atoms with Crippen LogP contribution in [0.15, 0.2) is 18.2 Å². The van der Waals surface area contributed by atoms with E-state index in [2.05, 4.69) is 4.90 Å². The molecule has 0 bridgehead atoms. The molecule has 1 saturated heterocycles. The Hall–Kier alpha value is -1.00. The van der Waals surface area contributed by atoms with Crippen molar-refractivity contribution >= 4 is 0 Å². The minimum Gasteiger partial charge on any atom is -0.322 e. The second kappa shape index (κ2) is 6.01. The maximum Gasteiger partial charge on any atom is 0.126 e. The number of benzene rings is 1. The summed E-state index contributed by atoms with van der Waals surface area (Å²) in [5.41, 5.74) is 7.02. The van der Waals surface area contributed by atoms with Gasteiger partial charge in [-0.1, -0.05) is 19.3 Å². The highest BCUT2D eigenvalue weighted by molar-refractivity contribution is 5.26. The quantitative estimate of drug-likeness (QED) is 0.919. The molecule has 1 aliphatic heterocycles. The van der Waals surface area contributed by atoms with E-state index in [1.807, 2.05) is 0 Å². The van der Waals surface area contributed by atoms with Gasteiger partial charge in [-0.15, -0.1) is 0 Å². The molecule has 21 heavy (non-hydrogen) atoms. The molecule has 1 heterocycles. The molecule has 1 aliphatic carbocycles. The number of rotatable bonds is 3. The van der Waals surface area contributed by atoms with Crippen molar-refractivity contribution < 1.29 is 8.78 Å². The zero-order chi connectivity index (χ0) is 14.9. The number of halogens is 2. The molecule has 4 heteroatoms. The predicted octanol–water partition coefficient (Wildman–Crippen LogP) is 3.76. The Morgan fingerprint density at radius 3 is 2.05 bits per heavy atom. The van der Waals surface area contributed by atoms with Crippen LogP contribution in [0.25, 0.3) is 0 Å². The van der Waals surface area contributed by atoms with Gasteiger partial charge in [0, 0.05) is 17.6 Å². The maximum absolute atomic E-state index is 13.5. The Bertz CT molecular complexity index is 471. The fourth-order valence-electron chi connectivity index (χ4n) is 4.22. The van der Waals surface area contributed by atoms with Crippen molar-refractivity contribution in [1.29, 1.82) is 0 Å². The van der Waals surface area contributed by atoms with Crippen LogP contribution in [0.1, 0.15) is 56.6 Å². The van der Waals surface area contributed by atoms with Gasteiger partial charge in [0.25, 0.3) is 0 Å². The van der Waals surface area contributed by atoms with E-state index >= 15 is 0 Å². The first kappa shape index (κ1) is 14.9.